The summed E-state index contributed by atoms with van der Waals surface area (Å²) in [5.74, 6) is 1.62. The monoisotopic (exact) mass is 417 g/mol. The Morgan fingerprint density at radius 1 is 1.03 bits per heavy atom. The molecule has 1 aromatic heterocycles. The molecule has 0 aliphatic carbocycles. The number of benzene rings is 3. The quantitative estimate of drug-likeness (QED) is 0.410. The number of hydrogen-bond acceptors (Lipinski definition) is 5. The summed E-state index contributed by atoms with van der Waals surface area (Å²) in [4.78, 5) is 12.4. The normalized spacial score (nSPS) is 10.7. The minimum atomic E-state index is -0.0852. The third kappa shape index (κ3) is 4.28. The molecule has 0 radical (unpaired) electrons. The Bertz CT molecular complexity index is 1170. The number of rotatable bonds is 7. The zero-order chi connectivity index (χ0) is 20.9. The summed E-state index contributed by atoms with van der Waals surface area (Å²) < 4.78 is 10.9. The number of aromatic nitrogens is 1. The molecule has 5 nitrogen and oxygen atoms in total. The number of hydrogen-bond donors (Lipinski definition) is 2. The fourth-order valence-electron chi connectivity index (χ4n) is 3.36. The van der Waals surface area contributed by atoms with Gasteiger partial charge in [0.1, 0.15) is 11.6 Å². The molecule has 2 N–H and O–H groups in total. The molecule has 0 spiro atoms. The lowest BCUT2D eigenvalue weighted by Crippen LogP contribution is -2.28. The third-order valence-corrected chi connectivity index (χ3v) is 5.80. The molecule has 1 heterocycles. The van der Waals surface area contributed by atoms with E-state index in [0.29, 0.717) is 18.7 Å². The van der Waals surface area contributed by atoms with E-state index in [4.69, 9.17) is 4.74 Å². The van der Waals surface area contributed by atoms with Crippen LogP contribution in [0.2, 0.25) is 0 Å². The van der Waals surface area contributed by atoms with Crippen molar-refractivity contribution < 1.29 is 9.53 Å². The number of fused-ring (bicyclic) bond motifs is 1. The van der Waals surface area contributed by atoms with E-state index in [9.17, 15) is 4.79 Å². The number of anilines is 1. The van der Waals surface area contributed by atoms with Crippen molar-refractivity contribution in [1.82, 2.24) is 9.69 Å². The van der Waals surface area contributed by atoms with Crippen LogP contribution in [0.25, 0.3) is 21.2 Å². The van der Waals surface area contributed by atoms with Gasteiger partial charge >= 0.3 is 0 Å². The van der Waals surface area contributed by atoms with Crippen molar-refractivity contribution in [3.05, 3.63) is 77.9 Å². The Labute approximate surface area is 179 Å². The smallest absolute Gasteiger partial charge is 0.251 e. The predicted octanol–water partition coefficient (Wildman–Crippen LogP) is 5.12. The van der Waals surface area contributed by atoms with Crippen LogP contribution in [0.15, 0.2) is 66.7 Å². The average molecular weight is 418 g/mol. The molecule has 0 saturated carbocycles. The molecule has 4 rings (SSSR count). The molecule has 0 bridgehead atoms. The molecule has 3 aromatic carbocycles. The van der Waals surface area contributed by atoms with Gasteiger partial charge in [0.25, 0.3) is 5.91 Å². The fraction of sp³-hybridized carbons (Fsp3) is 0.167. The minimum absolute atomic E-state index is 0.0852. The fourth-order valence-corrected chi connectivity index (χ4v) is 4.12. The first kappa shape index (κ1) is 19.9. The van der Waals surface area contributed by atoms with E-state index in [1.54, 1.807) is 7.11 Å². The van der Waals surface area contributed by atoms with E-state index in [1.807, 2.05) is 60.7 Å². The van der Waals surface area contributed by atoms with Gasteiger partial charge in [-0.3, -0.25) is 4.79 Å². The van der Waals surface area contributed by atoms with Crippen LogP contribution in [0.1, 0.15) is 15.9 Å². The summed E-state index contributed by atoms with van der Waals surface area (Å²) in [6, 6.07) is 21.8. The van der Waals surface area contributed by atoms with Gasteiger partial charge in [0.15, 0.2) is 0 Å². The number of aryl methyl sites for hydroxylation is 1. The number of ether oxygens (including phenoxy) is 1. The van der Waals surface area contributed by atoms with Crippen molar-refractivity contribution in [3.63, 3.8) is 0 Å². The molecule has 1 amide bonds. The van der Waals surface area contributed by atoms with Gasteiger partial charge < -0.3 is 15.4 Å². The summed E-state index contributed by atoms with van der Waals surface area (Å²) in [7, 11) is 1.66. The van der Waals surface area contributed by atoms with E-state index in [-0.39, 0.29) is 5.91 Å². The van der Waals surface area contributed by atoms with Gasteiger partial charge in [-0.05, 0) is 71.5 Å². The second kappa shape index (κ2) is 8.97. The predicted molar refractivity (Wildman–Crippen MR) is 124 cm³/mol. The van der Waals surface area contributed by atoms with Crippen LogP contribution in [0.4, 0.5) is 5.82 Å². The second-order valence-corrected chi connectivity index (χ2v) is 7.77. The van der Waals surface area contributed by atoms with Crippen LogP contribution < -0.4 is 15.4 Å². The molecule has 4 aromatic rings. The van der Waals surface area contributed by atoms with E-state index in [0.717, 1.165) is 38.3 Å². The molecular weight excluding hydrogens is 394 g/mol. The highest BCUT2D eigenvalue weighted by Crippen LogP contribution is 2.27. The van der Waals surface area contributed by atoms with Crippen molar-refractivity contribution in [2.75, 3.05) is 25.5 Å². The Kier molecular flexibility index (Phi) is 5.95. The Morgan fingerprint density at radius 3 is 2.60 bits per heavy atom. The molecule has 0 unspecified atom stereocenters. The zero-order valence-electron chi connectivity index (χ0n) is 16.9. The van der Waals surface area contributed by atoms with Crippen LogP contribution in [0.3, 0.4) is 0 Å². The Hall–Kier alpha value is -3.38. The van der Waals surface area contributed by atoms with E-state index in [2.05, 4.69) is 28.0 Å². The SMILES string of the molecule is COc1ccc(-c2ccc(C(=O)NCCNc3nsc4ccccc34)cc2)c(C)c1. The number of carbonyl (C=O) groups excluding carboxylic acids is 1. The minimum Gasteiger partial charge on any atom is -0.497 e. The van der Waals surface area contributed by atoms with E-state index >= 15 is 0 Å². The standard InChI is InChI=1S/C24H23N3O2S/c1-16-15-19(29-2)11-12-20(16)17-7-9-18(10-8-17)24(28)26-14-13-25-23-21-5-3-4-6-22(21)30-27-23/h3-12,15H,13-14H2,1-2H3,(H,25,27)(H,26,28). The topological polar surface area (TPSA) is 63.2 Å². The van der Waals surface area contributed by atoms with Gasteiger partial charge in [-0.1, -0.05) is 30.3 Å². The van der Waals surface area contributed by atoms with Crippen LogP contribution >= 0.6 is 11.5 Å². The first-order valence-electron chi connectivity index (χ1n) is 9.77. The molecule has 152 valence electrons. The lowest BCUT2D eigenvalue weighted by Gasteiger charge is -2.10. The van der Waals surface area contributed by atoms with Gasteiger partial charge in [-0.15, -0.1) is 0 Å². The van der Waals surface area contributed by atoms with Crippen molar-refractivity contribution in [2.45, 2.75) is 6.92 Å². The molecule has 0 aliphatic heterocycles. The van der Waals surface area contributed by atoms with Gasteiger partial charge in [-0.25, -0.2) is 0 Å². The molecule has 0 atom stereocenters. The van der Waals surface area contributed by atoms with Gasteiger partial charge in [0.05, 0.1) is 11.8 Å². The summed E-state index contributed by atoms with van der Waals surface area (Å²) in [6.07, 6.45) is 0. The summed E-state index contributed by atoms with van der Waals surface area (Å²) in [5.41, 5.74) is 3.97. The molecular formula is C24H23N3O2S. The first-order valence-corrected chi connectivity index (χ1v) is 10.5. The highest BCUT2D eigenvalue weighted by molar-refractivity contribution is 7.13. The van der Waals surface area contributed by atoms with Crippen LogP contribution in [0.5, 0.6) is 5.75 Å². The van der Waals surface area contributed by atoms with Crippen LogP contribution in [-0.4, -0.2) is 30.5 Å². The number of nitrogens with zero attached hydrogens (tertiary/aromatic N) is 1. The van der Waals surface area contributed by atoms with Gasteiger partial charge in [-0.2, -0.15) is 4.37 Å². The third-order valence-electron chi connectivity index (χ3n) is 4.97. The first-order chi connectivity index (χ1) is 14.7. The molecule has 30 heavy (non-hydrogen) atoms. The number of carbonyl (C=O) groups is 1. The van der Waals surface area contributed by atoms with Crippen molar-refractivity contribution in [2.24, 2.45) is 0 Å². The molecule has 0 aliphatic rings. The number of nitrogens with one attached hydrogen (secondary N) is 2. The number of amides is 1. The van der Waals surface area contributed by atoms with Crippen molar-refractivity contribution in [1.29, 1.82) is 0 Å². The summed E-state index contributed by atoms with van der Waals surface area (Å²) in [5, 5.41) is 7.36. The summed E-state index contributed by atoms with van der Waals surface area (Å²) >= 11 is 1.47. The lowest BCUT2D eigenvalue weighted by atomic mass is 9.99. The maximum atomic E-state index is 12.4. The van der Waals surface area contributed by atoms with Crippen LogP contribution in [-0.2, 0) is 0 Å². The molecule has 0 saturated heterocycles. The van der Waals surface area contributed by atoms with Crippen molar-refractivity contribution >= 4 is 33.3 Å². The highest BCUT2D eigenvalue weighted by atomic mass is 32.1. The Balaban J connectivity index is 1.33. The zero-order valence-corrected chi connectivity index (χ0v) is 17.8. The second-order valence-electron chi connectivity index (χ2n) is 6.97. The van der Waals surface area contributed by atoms with E-state index < -0.39 is 0 Å². The Morgan fingerprint density at radius 2 is 1.83 bits per heavy atom. The number of methoxy groups -OCH3 is 1. The highest BCUT2D eigenvalue weighted by Gasteiger charge is 2.08. The molecule has 6 heteroatoms. The van der Waals surface area contributed by atoms with Gasteiger partial charge in [0.2, 0.25) is 0 Å². The van der Waals surface area contributed by atoms with Crippen LogP contribution in [0, 0.1) is 6.92 Å². The lowest BCUT2D eigenvalue weighted by molar-refractivity contribution is 0.0955. The largest absolute Gasteiger partial charge is 0.497 e. The maximum absolute atomic E-state index is 12.4. The molecule has 0 fully saturated rings. The average Bonchev–Trinajstić information content (AvgIpc) is 3.20. The van der Waals surface area contributed by atoms with E-state index in [1.165, 1.54) is 11.5 Å². The van der Waals surface area contributed by atoms with Crippen molar-refractivity contribution in [3.8, 4) is 16.9 Å². The summed E-state index contributed by atoms with van der Waals surface area (Å²) in [6.45, 7) is 3.18. The maximum Gasteiger partial charge on any atom is 0.251 e. The van der Waals surface area contributed by atoms with Gasteiger partial charge in [0, 0.05) is 24.0 Å².